The number of hydrogen-bond acceptors (Lipinski definition) is 4. The van der Waals surface area contributed by atoms with Crippen molar-refractivity contribution < 1.29 is 23.1 Å². The van der Waals surface area contributed by atoms with Crippen LogP contribution in [0.25, 0.3) is 10.9 Å². The van der Waals surface area contributed by atoms with Crippen molar-refractivity contribution in [3.63, 3.8) is 0 Å². The minimum Gasteiger partial charge on any atom is -0.454 e. The fourth-order valence-electron chi connectivity index (χ4n) is 2.60. The van der Waals surface area contributed by atoms with Gasteiger partial charge in [0.1, 0.15) is 11.6 Å². The van der Waals surface area contributed by atoms with Gasteiger partial charge in [-0.3, -0.25) is 9.78 Å². The van der Waals surface area contributed by atoms with Gasteiger partial charge in [0.05, 0.1) is 22.3 Å². The lowest BCUT2D eigenvalue weighted by atomic mass is 10.1. The van der Waals surface area contributed by atoms with E-state index in [-0.39, 0.29) is 11.1 Å². The van der Waals surface area contributed by atoms with E-state index in [1.54, 1.807) is 13.0 Å². The number of Topliss-reactive ketones (excluding diaryl/α,β-unsaturated/α-hetero) is 1. The van der Waals surface area contributed by atoms with E-state index >= 15 is 0 Å². The standard InChI is InChI=1S/C20H15F2NO3/c1-11-3-6-18-13(7-11)8-16(12(2)23-18)20(25)26-10-19(24)15-5-4-14(21)9-17(15)22/h3-9H,10H2,1-2H3. The molecule has 0 atom stereocenters. The molecule has 1 heterocycles. The number of fused-ring (bicyclic) bond motifs is 1. The van der Waals surface area contributed by atoms with Crippen LogP contribution in [0, 0.1) is 25.5 Å². The smallest absolute Gasteiger partial charge is 0.340 e. The first kappa shape index (κ1) is 17.7. The van der Waals surface area contributed by atoms with Crippen LogP contribution >= 0.6 is 0 Å². The monoisotopic (exact) mass is 355 g/mol. The Kier molecular flexibility index (Phi) is 4.75. The number of hydrogen-bond donors (Lipinski definition) is 0. The number of benzene rings is 2. The summed E-state index contributed by atoms with van der Waals surface area (Å²) < 4.78 is 31.5. The number of aromatic nitrogens is 1. The minimum absolute atomic E-state index is 0.232. The zero-order chi connectivity index (χ0) is 18.8. The molecule has 0 bridgehead atoms. The van der Waals surface area contributed by atoms with Crippen molar-refractivity contribution in [2.75, 3.05) is 6.61 Å². The van der Waals surface area contributed by atoms with Crippen molar-refractivity contribution >= 4 is 22.7 Å². The van der Waals surface area contributed by atoms with Crippen LogP contribution in [-0.4, -0.2) is 23.3 Å². The fraction of sp³-hybridized carbons (Fsp3) is 0.150. The molecule has 6 heteroatoms. The average molecular weight is 355 g/mol. The second kappa shape index (κ2) is 7.00. The van der Waals surface area contributed by atoms with Gasteiger partial charge in [0.25, 0.3) is 0 Å². The molecule has 1 aromatic heterocycles. The van der Waals surface area contributed by atoms with E-state index in [0.717, 1.165) is 28.6 Å². The molecule has 0 spiro atoms. The number of carbonyl (C=O) groups excluding carboxylic acids is 2. The van der Waals surface area contributed by atoms with Crippen LogP contribution in [0.15, 0.2) is 42.5 Å². The molecule has 0 N–H and O–H groups in total. The molecule has 0 amide bonds. The third-order valence-corrected chi connectivity index (χ3v) is 3.95. The van der Waals surface area contributed by atoms with Gasteiger partial charge in [0.15, 0.2) is 6.61 Å². The predicted molar refractivity (Wildman–Crippen MR) is 92.2 cm³/mol. The Morgan fingerprint density at radius 1 is 1.00 bits per heavy atom. The van der Waals surface area contributed by atoms with Crippen LogP contribution < -0.4 is 0 Å². The predicted octanol–water partition coefficient (Wildman–Crippen LogP) is 4.17. The van der Waals surface area contributed by atoms with Gasteiger partial charge in [-0.05, 0) is 44.2 Å². The maximum Gasteiger partial charge on any atom is 0.340 e. The van der Waals surface area contributed by atoms with E-state index < -0.39 is 30.0 Å². The highest BCUT2D eigenvalue weighted by Crippen LogP contribution is 2.19. The molecular formula is C20H15F2NO3. The summed E-state index contributed by atoms with van der Waals surface area (Å²) in [5.74, 6) is -3.26. The van der Waals surface area contributed by atoms with Crippen LogP contribution in [0.1, 0.15) is 32.0 Å². The Labute approximate surface area is 148 Å². The van der Waals surface area contributed by atoms with Crippen LogP contribution in [0.5, 0.6) is 0 Å². The summed E-state index contributed by atoms with van der Waals surface area (Å²) in [5.41, 5.74) is 2.13. The molecular weight excluding hydrogens is 340 g/mol. The lowest BCUT2D eigenvalue weighted by Gasteiger charge is -2.09. The summed E-state index contributed by atoms with van der Waals surface area (Å²) in [6, 6.07) is 9.91. The minimum atomic E-state index is -0.995. The summed E-state index contributed by atoms with van der Waals surface area (Å²) >= 11 is 0. The molecule has 0 saturated heterocycles. The number of rotatable bonds is 4. The van der Waals surface area contributed by atoms with Gasteiger partial charge >= 0.3 is 5.97 Å². The Hall–Kier alpha value is -3.15. The van der Waals surface area contributed by atoms with Gasteiger partial charge < -0.3 is 4.74 Å². The van der Waals surface area contributed by atoms with E-state index in [1.165, 1.54) is 0 Å². The van der Waals surface area contributed by atoms with E-state index in [4.69, 9.17) is 4.74 Å². The number of ketones is 1. The van der Waals surface area contributed by atoms with Crippen molar-refractivity contribution in [3.05, 3.63) is 76.5 Å². The SMILES string of the molecule is Cc1ccc2nc(C)c(C(=O)OCC(=O)c3ccc(F)cc3F)cc2c1. The highest BCUT2D eigenvalue weighted by atomic mass is 19.1. The van der Waals surface area contributed by atoms with Gasteiger partial charge in [-0.25, -0.2) is 13.6 Å². The van der Waals surface area contributed by atoms with Crippen molar-refractivity contribution in [3.8, 4) is 0 Å². The number of carbonyl (C=O) groups is 2. The Morgan fingerprint density at radius 2 is 1.77 bits per heavy atom. The first-order valence-electron chi connectivity index (χ1n) is 7.88. The summed E-state index contributed by atoms with van der Waals surface area (Å²) in [6.45, 7) is 2.94. The highest BCUT2D eigenvalue weighted by Gasteiger charge is 2.18. The molecule has 0 unspecified atom stereocenters. The average Bonchev–Trinajstić information content (AvgIpc) is 2.59. The van der Waals surface area contributed by atoms with Crippen LogP contribution in [-0.2, 0) is 4.74 Å². The number of pyridine rings is 1. The molecule has 132 valence electrons. The van der Waals surface area contributed by atoms with Gasteiger partial charge in [-0.2, -0.15) is 0 Å². The van der Waals surface area contributed by atoms with E-state index in [1.807, 2.05) is 25.1 Å². The summed E-state index contributed by atoms with van der Waals surface area (Å²) in [5, 5.41) is 0.776. The summed E-state index contributed by atoms with van der Waals surface area (Å²) in [4.78, 5) is 28.7. The van der Waals surface area contributed by atoms with Crippen LogP contribution in [0.4, 0.5) is 8.78 Å². The fourth-order valence-corrected chi connectivity index (χ4v) is 2.60. The maximum atomic E-state index is 13.6. The highest BCUT2D eigenvalue weighted by molar-refractivity contribution is 6.00. The summed E-state index contributed by atoms with van der Waals surface area (Å²) in [6.07, 6.45) is 0. The van der Waals surface area contributed by atoms with E-state index in [9.17, 15) is 18.4 Å². The first-order chi connectivity index (χ1) is 12.3. The largest absolute Gasteiger partial charge is 0.454 e. The lowest BCUT2D eigenvalue weighted by molar-refractivity contribution is 0.0472. The van der Waals surface area contributed by atoms with Gasteiger partial charge in [0, 0.05) is 11.5 Å². The zero-order valence-corrected chi connectivity index (χ0v) is 14.2. The number of esters is 1. The third-order valence-electron chi connectivity index (χ3n) is 3.95. The zero-order valence-electron chi connectivity index (χ0n) is 14.2. The van der Waals surface area contributed by atoms with Gasteiger partial charge in [-0.15, -0.1) is 0 Å². The Bertz CT molecular complexity index is 1030. The van der Waals surface area contributed by atoms with Crippen molar-refractivity contribution in [1.82, 2.24) is 4.98 Å². The second-order valence-corrected chi connectivity index (χ2v) is 5.94. The Morgan fingerprint density at radius 3 is 2.50 bits per heavy atom. The molecule has 0 radical (unpaired) electrons. The van der Waals surface area contributed by atoms with Crippen LogP contribution in [0.3, 0.4) is 0 Å². The van der Waals surface area contributed by atoms with Crippen molar-refractivity contribution in [2.24, 2.45) is 0 Å². The molecule has 4 nitrogen and oxygen atoms in total. The third kappa shape index (κ3) is 3.59. The molecule has 26 heavy (non-hydrogen) atoms. The van der Waals surface area contributed by atoms with Crippen molar-refractivity contribution in [1.29, 1.82) is 0 Å². The normalized spacial score (nSPS) is 10.8. The van der Waals surface area contributed by atoms with Gasteiger partial charge in [-0.1, -0.05) is 11.6 Å². The second-order valence-electron chi connectivity index (χ2n) is 5.94. The first-order valence-corrected chi connectivity index (χ1v) is 7.88. The number of ether oxygens (including phenoxy) is 1. The number of aryl methyl sites for hydroxylation is 2. The van der Waals surface area contributed by atoms with E-state index in [2.05, 4.69) is 4.98 Å². The van der Waals surface area contributed by atoms with Crippen molar-refractivity contribution in [2.45, 2.75) is 13.8 Å². The number of halogens is 2. The van der Waals surface area contributed by atoms with Crippen LogP contribution in [0.2, 0.25) is 0 Å². The van der Waals surface area contributed by atoms with Gasteiger partial charge in [0.2, 0.25) is 5.78 Å². The number of nitrogens with zero attached hydrogens (tertiary/aromatic N) is 1. The molecule has 2 aromatic carbocycles. The molecule has 0 aliphatic rings. The molecule has 3 rings (SSSR count). The molecule has 0 aliphatic heterocycles. The molecule has 0 aliphatic carbocycles. The molecule has 3 aromatic rings. The topological polar surface area (TPSA) is 56.3 Å². The summed E-state index contributed by atoms with van der Waals surface area (Å²) in [7, 11) is 0. The molecule has 0 fully saturated rings. The maximum absolute atomic E-state index is 13.6. The van der Waals surface area contributed by atoms with E-state index in [0.29, 0.717) is 11.8 Å². The molecule has 0 saturated carbocycles. The quantitative estimate of drug-likeness (QED) is 0.521. The lowest BCUT2D eigenvalue weighted by Crippen LogP contribution is -2.16. The Balaban J connectivity index is 1.78.